The van der Waals surface area contributed by atoms with Crippen molar-refractivity contribution in [2.24, 2.45) is 20.0 Å². The Balaban J connectivity index is 2.17. The molecule has 1 aliphatic rings. The molecule has 1 fully saturated rings. The number of carbonyl (C=O) groups excluding carboxylic acids is 2. The molecule has 0 aromatic carbocycles. The predicted molar refractivity (Wildman–Crippen MR) is 73.0 cm³/mol. The molecule has 0 radical (unpaired) electrons. The maximum Gasteiger partial charge on any atom is 0.332 e. The minimum absolute atomic E-state index is 0.0988. The lowest BCUT2D eigenvalue weighted by Crippen LogP contribution is -2.37. The number of aryl methyl sites for hydroxylation is 1. The zero-order chi connectivity index (χ0) is 15.3. The lowest BCUT2D eigenvalue weighted by molar-refractivity contribution is -0.127. The van der Waals surface area contributed by atoms with Crippen LogP contribution in [0.15, 0.2) is 15.9 Å². The summed E-state index contributed by atoms with van der Waals surface area (Å²) in [7, 11) is 2.90. The maximum absolute atomic E-state index is 12.2. The van der Waals surface area contributed by atoms with E-state index in [2.05, 4.69) is 4.98 Å². The van der Waals surface area contributed by atoms with E-state index in [-0.39, 0.29) is 42.1 Å². The van der Waals surface area contributed by atoms with Crippen molar-refractivity contribution < 1.29 is 9.59 Å². The fourth-order valence-corrected chi connectivity index (χ4v) is 2.71. The minimum Gasteiger partial charge on any atom is -0.324 e. The van der Waals surface area contributed by atoms with Crippen LogP contribution in [0, 0.1) is 5.92 Å². The van der Waals surface area contributed by atoms with Gasteiger partial charge in [0.25, 0.3) is 5.56 Å². The summed E-state index contributed by atoms with van der Waals surface area (Å²) in [4.78, 5) is 51.6. The molecule has 0 bridgehead atoms. The molecule has 0 saturated heterocycles. The standard InChI is InChI=1S/C13H14N4O4/c1-15-11-10(12(20)16(2)13(15)21)17(6-14-11)5-7-8(18)3-4-9(7)19/h6-7H,3-5H2,1-2H3. The van der Waals surface area contributed by atoms with Crippen LogP contribution in [0.2, 0.25) is 0 Å². The van der Waals surface area contributed by atoms with E-state index < -0.39 is 17.2 Å². The van der Waals surface area contributed by atoms with Crippen LogP contribution in [0.5, 0.6) is 0 Å². The third-order valence-electron chi connectivity index (χ3n) is 3.99. The maximum atomic E-state index is 12.2. The molecule has 0 aliphatic heterocycles. The van der Waals surface area contributed by atoms with Gasteiger partial charge in [0, 0.05) is 33.5 Å². The first kappa shape index (κ1) is 13.5. The van der Waals surface area contributed by atoms with Crippen LogP contribution < -0.4 is 11.2 Å². The minimum atomic E-state index is -0.718. The molecule has 2 aromatic rings. The van der Waals surface area contributed by atoms with Crippen molar-refractivity contribution in [2.75, 3.05) is 0 Å². The van der Waals surface area contributed by atoms with E-state index in [9.17, 15) is 19.2 Å². The Kier molecular flexibility index (Phi) is 2.89. The monoisotopic (exact) mass is 290 g/mol. The van der Waals surface area contributed by atoms with Crippen molar-refractivity contribution in [3.8, 4) is 0 Å². The Morgan fingerprint density at radius 2 is 1.71 bits per heavy atom. The second-order valence-corrected chi connectivity index (χ2v) is 5.26. The quantitative estimate of drug-likeness (QED) is 0.660. The third kappa shape index (κ3) is 1.86. The molecule has 2 aromatic heterocycles. The van der Waals surface area contributed by atoms with Gasteiger partial charge in [0.05, 0.1) is 12.2 Å². The van der Waals surface area contributed by atoms with Crippen LogP contribution in [0.4, 0.5) is 0 Å². The third-order valence-corrected chi connectivity index (χ3v) is 3.99. The number of hydrogen-bond donors (Lipinski definition) is 0. The van der Waals surface area contributed by atoms with Gasteiger partial charge in [0.1, 0.15) is 11.6 Å². The topological polar surface area (TPSA) is 96.0 Å². The van der Waals surface area contributed by atoms with Crippen LogP contribution >= 0.6 is 0 Å². The normalized spacial score (nSPS) is 16.3. The van der Waals surface area contributed by atoms with E-state index in [1.165, 1.54) is 29.6 Å². The highest BCUT2D eigenvalue weighted by Crippen LogP contribution is 2.20. The first-order valence-corrected chi connectivity index (χ1v) is 6.58. The Morgan fingerprint density at radius 3 is 2.33 bits per heavy atom. The van der Waals surface area contributed by atoms with Crippen molar-refractivity contribution in [1.82, 2.24) is 18.7 Å². The highest BCUT2D eigenvalue weighted by atomic mass is 16.2. The summed E-state index contributed by atoms with van der Waals surface area (Å²) in [6.45, 7) is 0.0988. The molecule has 110 valence electrons. The second kappa shape index (κ2) is 4.51. The molecule has 0 N–H and O–H groups in total. The first-order chi connectivity index (χ1) is 9.91. The number of hydrogen-bond acceptors (Lipinski definition) is 5. The van der Waals surface area contributed by atoms with Gasteiger partial charge < -0.3 is 4.57 Å². The molecule has 8 nitrogen and oxygen atoms in total. The first-order valence-electron chi connectivity index (χ1n) is 6.58. The molecule has 21 heavy (non-hydrogen) atoms. The van der Waals surface area contributed by atoms with Crippen molar-refractivity contribution in [2.45, 2.75) is 19.4 Å². The molecule has 0 unspecified atom stereocenters. The van der Waals surface area contributed by atoms with Crippen LogP contribution in [0.25, 0.3) is 11.2 Å². The molecule has 8 heteroatoms. The van der Waals surface area contributed by atoms with E-state index in [4.69, 9.17) is 0 Å². The number of Topliss-reactive ketones (excluding diaryl/α,β-unsaturated/α-hetero) is 2. The summed E-state index contributed by atoms with van der Waals surface area (Å²) in [5, 5.41) is 0. The van der Waals surface area contributed by atoms with Gasteiger partial charge in [-0.1, -0.05) is 0 Å². The Labute approximate surface area is 118 Å². The highest BCUT2D eigenvalue weighted by molar-refractivity contribution is 6.08. The summed E-state index contributed by atoms with van der Waals surface area (Å²) in [5.41, 5.74) is -0.470. The fourth-order valence-electron chi connectivity index (χ4n) is 2.71. The Bertz CT molecular complexity index is 870. The van der Waals surface area contributed by atoms with Gasteiger partial charge in [-0.25, -0.2) is 9.78 Å². The van der Waals surface area contributed by atoms with Crippen molar-refractivity contribution in [3.05, 3.63) is 27.2 Å². The van der Waals surface area contributed by atoms with E-state index in [0.29, 0.717) is 0 Å². The zero-order valence-corrected chi connectivity index (χ0v) is 11.7. The van der Waals surface area contributed by atoms with Crippen LogP contribution in [-0.2, 0) is 30.2 Å². The second-order valence-electron chi connectivity index (χ2n) is 5.26. The number of fused-ring (bicyclic) bond motifs is 1. The number of imidazole rings is 1. The lowest BCUT2D eigenvalue weighted by atomic mass is 10.1. The van der Waals surface area contributed by atoms with Crippen LogP contribution in [0.1, 0.15) is 12.8 Å². The Hall–Kier alpha value is -2.51. The van der Waals surface area contributed by atoms with Crippen molar-refractivity contribution in [3.63, 3.8) is 0 Å². The summed E-state index contributed by atoms with van der Waals surface area (Å²) in [5.74, 6) is -0.934. The summed E-state index contributed by atoms with van der Waals surface area (Å²) >= 11 is 0. The molecule has 3 rings (SSSR count). The van der Waals surface area contributed by atoms with E-state index in [1.807, 2.05) is 0 Å². The van der Waals surface area contributed by atoms with Gasteiger partial charge >= 0.3 is 5.69 Å². The summed E-state index contributed by atoms with van der Waals surface area (Å²) in [6.07, 6.45) is 1.91. The number of nitrogens with zero attached hydrogens (tertiary/aromatic N) is 4. The molecule has 0 amide bonds. The van der Waals surface area contributed by atoms with E-state index >= 15 is 0 Å². The zero-order valence-electron chi connectivity index (χ0n) is 11.7. The van der Waals surface area contributed by atoms with Crippen molar-refractivity contribution in [1.29, 1.82) is 0 Å². The smallest absolute Gasteiger partial charge is 0.324 e. The molecule has 0 atom stereocenters. The number of rotatable bonds is 2. The number of ketones is 2. The van der Waals surface area contributed by atoms with Gasteiger partial charge in [-0.2, -0.15) is 0 Å². The van der Waals surface area contributed by atoms with E-state index in [0.717, 1.165) is 4.57 Å². The Morgan fingerprint density at radius 1 is 1.10 bits per heavy atom. The average Bonchev–Trinajstić information content (AvgIpc) is 3.01. The largest absolute Gasteiger partial charge is 0.332 e. The lowest BCUT2D eigenvalue weighted by Gasteiger charge is -2.09. The average molecular weight is 290 g/mol. The number of carbonyl (C=O) groups is 2. The number of aromatic nitrogens is 4. The molecule has 2 heterocycles. The molecule has 0 spiro atoms. The molecule has 1 saturated carbocycles. The predicted octanol–water partition coefficient (Wildman–Crippen LogP) is -1.02. The SMILES string of the molecule is Cn1c(=O)c2c(ncn2CC2C(=O)CCC2=O)n(C)c1=O. The van der Waals surface area contributed by atoms with E-state index in [1.54, 1.807) is 0 Å². The van der Waals surface area contributed by atoms with Crippen LogP contribution in [-0.4, -0.2) is 30.3 Å². The highest BCUT2D eigenvalue weighted by Gasteiger charge is 2.33. The molecular weight excluding hydrogens is 276 g/mol. The van der Waals surface area contributed by atoms with Gasteiger partial charge in [-0.15, -0.1) is 0 Å². The van der Waals surface area contributed by atoms with Crippen LogP contribution in [0.3, 0.4) is 0 Å². The molecule has 1 aliphatic carbocycles. The fraction of sp³-hybridized carbons (Fsp3) is 0.462. The van der Waals surface area contributed by atoms with Gasteiger partial charge in [-0.3, -0.25) is 23.5 Å². The molecular formula is C13H14N4O4. The summed E-state index contributed by atoms with van der Waals surface area (Å²) in [6, 6.07) is 0. The van der Waals surface area contributed by atoms with Gasteiger partial charge in [0.15, 0.2) is 11.2 Å². The van der Waals surface area contributed by atoms with Crippen molar-refractivity contribution >= 4 is 22.7 Å². The van der Waals surface area contributed by atoms with Gasteiger partial charge in [-0.05, 0) is 0 Å². The van der Waals surface area contributed by atoms with Gasteiger partial charge in [0.2, 0.25) is 0 Å². The summed E-state index contributed by atoms with van der Waals surface area (Å²) < 4.78 is 3.74.